The quantitative estimate of drug-likeness (QED) is 0.643. The Kier molecular flexibility index (Phi) is 4.27. The molecule has 0 aromatic heterocycles. The van der Waals surface area contributed by atoms with E-state index in [1.165, 1.54) is 0 Å². The largest absolute Gasteiger partial charge is 0.459 e. The topological polar surface area (TPSA) is 87.6 Å². The molecule has 4 N–H and O–H groups in total. The smallest absolute Gasteiger partial charge is 0.340 e. The van der Waals surface area contributed by atoms with E-state index in [9.17, 15) is 4.79 Å². The minimum atomic E-state index is -0.390. The molecule has 1 aromatic carbocycles. The third-order valence-electron chi connectivity index (χ3n) is 3.48. The Morgan fingerprint density at radius 1 is 1.26 bits per heavy atom. The lowest BCUT2D eigenvalue weighted by Crippen LogP contribution is -2.29. The predicted molar refractivity (Wildman–Crippen MR) is 73.7 cm³/mol. The zero-order valence-electron chi connectivity index (χ0n) is 11.1. The van der Waals surface area contributed by atoms with E-state index < -0.39 is 0 Å². The van der Waals surface area contributed by atoms with Crippen LogP contribution in [0, 0.1) is 0 Å². The zero-order chi connectivity index (χ0) is 13.8. The van der Waals surface area contributed by atoms with Crippen LogP contribution in [0.25, 0.3) is 0 Å². The maximum absolute atomic E-state index is 12.1. The van der Waals surface area contributed by atoms with Gasteiger partial charge in [0.2, 0.25) is 0 Å². The van der Waals surface area contributed by atoms with Gasteiger partial charge in [0.05, 0.1) is 11.7 Å². The van der Waals surface area contributed by atoms with Crippen molar-refractivity contribution in [3.05, 3.63) is 23.8 Å². The summed E-state index contributed by atoms with van der Waals surface area (Å²) in [6.45, 7) is 0. The molecule has 0 radical (unpaired) electrons. The third-order valence-corrected chi connectivity index (χ3v) is 3.48. The highest BCUT2D eigenvalue weighted by atomic mass is 16.5. The summed E-state index contributed by atoms with van der Waals surface area (Å²) in [5.74, 6) is -0.390. The molecular weight excluding hydrogens is 244 g/mol. The van der Waals surface area contributed by atoms with E-state index in [1.54, 1.807) is 25.3 Å². The average Bonchev–Trinajstić information content (AvgIpc) is 2.38. The normalized spacial score (nSPS) is 23.0. The zero-order valence-corrected chi connectivity index (χ0v) is 11.1. The Balaban J connectivity index is 2.00. The highest BCUT2D eigenvalue weighted by molar-refractivity contribution is 5.95. The van der Waals surface area contributed by atoms with Crippen LogP contribution < -0.4 is 11.5 Å². The third kappa shape index (κ3) is 3.38. The van der Waals surface area contributed by atoms with Gasteiger partial charge in [-0.15, -0.1) is 0 Å². The minimum absolute atomic E-state index is 0.0943. The maximum Gasteiger partial charge on any atom is 0.340 e. The highest BCUT2D eigenvalue weighted by Gasteiger charge is 2.25. The van der Waals surface area contributed by atoms with Gasteiger partial charge in [-0.2, -0.15) is 0 Å². The summed E-state index contributed by atoms with van der Waals surface area (Å²) < 4.78 is 10.8. The van der Waals surface area contributed by atoms with Crippen LogP contribution in [0.5, 0.6) is 0 Å². The van der Waals surface area contributed by atoms with Gasteiger partial charge in [0.25, 0.3) is 0 Å². The number of benzene rings is 1. The van der Waals surface area contributed by atoms with Crippen molar-refractivity contribution >= 4 is 17.3 Å². The standard InChI is InChI=1S/C14H20N2O3/c1-18-10-3-2-4-11(8-10)19-14(17)12-6-5-9(15)7-13(12)16/h5-7,10-11H,2-4,8,15-16H2,1H3. The SMILES string of the molecule is COC1CCCC(OC(=O)c2ccc(N)cc2N)C1. The fourth-order valence-electron chi connectivity index (χ4n) is 2.41. The van der Waals surface area contributed by atoms with Crippen LogP contribution in [0.3, 0.4) is 0 Å². The lowest BCUT2D eigenvalue weighted by Gasteiger charge is -2.28. The molecule has 1 aliphatic rings. The van der Waals surface area contributed by atoms with Crippen LogP contribution >= 0.6 is 0 Å². The van der Waals surface area contributed by atoms with Gasteiger partial charge in [-0.25, -0.2) is 4.79 Å². The first-order chi connectivity index (χ1) is 9.10. The molecule has 1 saturated carbocycles. The van der Waals surface area contributed by atoms with Crippen LogP contribution in [0.1, 0.15) is 36.0 Å². The van der Waals surface area contributed by atoms with Gasteiger partial charge in [0, 0.05) is 24.9 Å². The van der Waals surface area contributed by atoms with Crippen LogP contribution in [-0.4, -0.2) is 25.3 Å². The molecule has 2 atom stereocenters. The second-order valence-corrected chi connectivity index (χ2v) is 4.90. The van der Waals surface area contributed by atoms with Gasteiger partial charge in [0.1, 0.15) is 6.10 Å². The fraction of sp³-hybridized carbons (Fsp3) is 0.500. The lowest BCUT2D eigenvalue weighted by molar-refractivity contribution is -0.0148. The lowest BCUT2D eigenvalue weighted by atomic mass is 9.95. The Hall–Kier alpha value is -1.75. The van der Waals surface area contributed by atoms with Crippen LogP contribution in [0.15, 0.2) is 18.2 Å². The number of carbonyl (C=O) groups is 1. The number of carbonyl (C=O) groups excluding carboxylic acids is 1. The van der Waals surface area contributed by atoms with Crippen molar-refractivity contribution in [3.63, 3.8) is 0 Å². The molecule has 0 heterocycles. The molecule has 1 aliphatic carbocycles. The Morgan fingerprint density at radius 2 is 2.00 bits per heavy atom. The molecule has 0 bridgehead atoms. The summed E-state index contributed by atoms with van der Waals surface area (Å²) in [7, 11) is 1.69. The van der Waals surface area contributed by atoms with Gasteiger partial charge in [-0.1, -0.05) is 0 Å². The molecule has 2 unspecified atom stereocenters. The number of anilines is 2. The van der Waals surface area contributed by atoms with Crippen molar-refractivity contribution in [2.75, 3.05) is 18.6 Å². The van der Waals surface area contributed by atoms with E-state index in [1.807, 2.05) is 0 Å². The molecule has 5 heteroatoms. The van der Waals surface area contributed by atoms with Crippen LogP contribution in [0.4, 0.5) is 11.4 Å². The second-order valence-electron chi connectivity index (χ2n) is 4.90. The van der Waals surface area contributed by atoms with Crippen molar-refractivity contribution in [3.8, 4) is 0 Å². The first-order valence-corrected chi connectivity index (χ1v) is 6.49. The molecule has 0 amide bonds. The van der Waals surface area contributed by atoms with Gasteiger partial charge in [-0.3, -0.25) is 0 Å². The molecule has 0 saturated heterocycles. The molecule has 19 heavy (non-hydrogen) atoms. The van der Waals surface area contributed by atoms with Crippen LogP contribution in [0.2, 0.25) is 0 Å². The molecular formula is C14H20N2O3. The molecule has 1 fully saturated rings. The van der Waals surface area contributed by atoms with E-state index in [0.29, 0.717) is 16.9 Å². The van der Waals surface area contributed by atoms with Crippen molar-refractivity contribution in [2.45, 2.75) is 37.9 Å². The van der Waals surface area contributed by atoms with E-state index in [4.69, 9.17) is 20.9 Å². The Morgan fingerprint density at radius 3 is 2.68 bits per heavy atom. The Labute approximate surface area is 112 Å². The number of esters is 1. The van der Waals surface area contributed by atoms with Crippen molar-refractivity contribution in [1.82, 2.24) is 0 Å². The van der Waals surface area contributed by atoms with E-state index >= 15 is 0 Å². The first-order valence-electron chi connectivity index (χ1n) is 6.49. The number of hydrogen-bond donors (Lipinski definition) is 2. The predicted octanol–water partition coefficient (Wildman–Crippen LogP) is 1.97. The van der Waals surface area contributed by atoms with Gasteiger partial charge in [0.15, 0.2) is 0 Å². The molecule has 1 aromatic rings. The summed E-state index contributed by atoms with van der Waals surface area (Å²) >= 11 is 0. The van der Waals surface area contributed by atoms with Crippen LogP contribution in [-0.2, 0) is 9.47 Å². The van der Waals surface area contributed by atoms with Crippen molar-refractivity contribution in [2.24, 2.45) is 0 Å². The molecule has 104 valence electrons. The number of rotatable bonds is 3. The summed E-state index contributed by atoms with van der Waals surface area (Å²) in [4.78, 5) is 12.1. The Bertz CT molecular complexity index is 462. The maximum atomic E-state index is 12.1. The molecule has 2 rings (SSSR count). The number of nitrogens with two attached hydrogens (primary N) is 2. The summed E-state index contributed by atoms with van der Waals surface area (Å²) in [5.41, 5.74) is 12.6. The number of ether oxygens (including phenoxy) is 2. The average molecular weight is 264 g/mol. The second kappa shape index (κ2) is 5.93. The minimum Gasteiger partial charge on any atom is -0.459 e. The van der Waals surface area contributed by atoms with E-state index in [2.05, 4.69) is 0 Å². The monoisotopic (exact) mass is 264 g/mol. The number of methoxy groups -OCH3 is 1. The summed E-state index contributed by atoms with van der Waals surface area (Å²) in [5, 5.41) is 0. The van der Waals surface area contributed by atoms with E-state index in [-0.39, 0.29) is 18.2 Å². The summed E-state index contributed by atoms with van der Waals surface area (Å²) in [6.07, 6.45) is 3.73. The molecule has 5 nitrogen and oxygen atoms in total. The molecule has 0 spiro atoms. The van der Waals surface area contributed by atoms with Crippen molar-refractivity contribution < 1.29 is 14.3 Å². The van der Waals surface area contributed by atoms with Crippen molar-refractivity contribution in [1.29, 1.82) is 0 Å². The number of hydrogen-bond acceptors (Lipinski definition) is 5. The van der Waals surface area contributed by atoms with Gasteiger partial charge >= 0.3 is 5.97 Å². The first kappa shape index (κ1) is 13.7. The van der Waals surface area contributed by atoms with Gasteiger partial charge < -0.3 is 20.9 Å². The highest BCUT2D eigenvalue weighted by Crippen LogP contribution is 2.25. The molecule has 0 aliphatic heterocycles. The number of nitrogen functional groups attached to an aromatic ring is 2. The van der Waals surface area contributed by atoms with Gasteiger partial charge in [-0.05, 0) is 37.5 Å². The summed E-state index contributed by atoms with van der Waals surface area (Å²) in [6, 6.07) is 4.81. The fourth-order valence-corrected chi connectivity index (χ4v) is 2.41. The van der Waals surface area contributed by atoms with E-state index in [0.717, 1.165) is 25.7 Å².